The van der Waals surface area contributed by atoms with E-state index >= 15 is 0 Å². The van der Waals surface area contributed by atoms with Crippen molar-refractivity contribution in [3.63, 3.8) is 0 Å². The van der Waals surface area contributed by atoms with Crippen LogP contribution in [0.4, 0.5) is 5.69 Å². The molecule has 0 fully saturated rings. The van der Waals surface area contributed by atoms with Gasteiger partial charge in [0.25, 0.3) is 0 Å². The van der Waals surface area contributed by atoms with Crippen LogP contribution in [0.25, 0.3) is 0 Å². The second-order valence-electron chi connectivity index (χ2n) is 5.11. The lowest BCUT2D eigenvalue weighted by Gasteiger charge is -2.20. The van der Waals surface area contributed by atoms with Gasteiger partial charge in [0, 0.05) is 5.69 Å². The summed E-state index contributed by atoms with van der Waals surface area (Å²) in [6.45, 7) is 8.08. The van der Waals surface area contributed by atoms with Crippen molar-refractivity contribution in [3.8, 4) is 0 Å². The molecule has 16 heavy (non-hydrogen) atoms. The molecule has 0 saturated heterocycles. The van der Waals surface area contributed by atoms with Crippen LogP contribution in [0.5, 0.6) is 0 Å². The topological polar surface area (TPSA) is 55.1 Å². The zero-order valence-electron chi connectivity index (χ0n) is 10.4. The normalized spacial score (nSPS) is 13.3. The predicted molar refractivity (Wildman–Crippen MR) is 67.4 cm³/mol. The molecule has 1 atom stereocenters. The Kier molecular flexibility index (Phi) is 3.70. The molecule has 0 radical (unpaired) electrons. The molecular weight excluding hydrogens is 200 g/mol. The van der Waals surface area contributed by atoms with Gasteiger partial charge in [0.05, 0.1) is 6.04 Å². The molecule has 0 saturated carbocycles. The van der Waals surface area contributed by atoms with E-state index in [0.29, 0.717) is 0 Å². The fourth-order valence-corrected chi connectivity index (χ4v) is 1.32. The van der Waals surface area contributed by atoms with Crippen LogP contribution in [0.3, 0.4) is 0 Å². The number of carbonyl (C=O) groups excluding carboxylic acids is 1. The molecule has 0 unspecified atom stereocenters. The Labute approximate surface area is 97.0 Å². The van der Waals surface area contributed by atoms with Gasteiger partial charge in [-0.05, 0) is 30.0 Å². The van der Waals surface area contributed by atoms with Crippen molar-refractivity contribution in [2.45, 2.75) is 39.2 Å². The molecule has 0 aliphatic heterocycles. The summed E-state index contributed by atoms with van der Waals surface area (Å²) in [6.07, 6.45) is 0. The standard InChI is InChI=1S/C13H20N2O/c1-9(14)12(16)15-11-7-5-6-10(8-11)13(2,3)4/h5-9H,14H2,1-4H3,(H,15,16)/t9-/m0/s1. The number of amides is 1. The molecule has 1 aromatic rings. The van der Waals surface area contributed by atoms with E-state index in [1.807, 2.05) is 18.2 Å². The van der Waals surface area contributed by atoms with Gasteiger partial charge < -0.3 is 11.1 Å². The molecule has 3 heteroatoms. The minimum atomic E-state index is -0.488. The lowest BCUT2D eigenvalue weighted by Crippen LogP contribution is -2.32. The smallest absolute Gasteiger partial charge is 0.240 e. The average molecular weight is 220 g/mol. The third-order valence-corrected chi connectivity index (χ3v) is 2.41. The first-order valence-corrected chi connectivity index (χ1v) is 5.47. The van der Waals surface area contributed by atoms with Crippen LogP contribution < -0.4 is 11.1 Å². The largest absolute Gasteiger partial charge is 0.325 e. The molecule has 0 aliphatic carbocycles. The number of carbonyl (C=O) groups is 1. The third-order valence-electron chi connectivity index (χ3n) is 2.41. The van der Waals surface area contributed by atoms with Gasteiger partial charge in [-0.15, -0.1) is 0 Å². The molecule has 1 rings (SSSR count). The van der Waals surface area contributed by atoms with E-state index in [-0.39, 0.29) is 11.3 Å². The predicted octanol–water partition coefficient (Wildman–Crippen LogP) is 2.27. The van der Waals surface area contributed by atoms with Crippen molar-refractivity contribution in [3.05, 3.63) is 29.8 Å². The molecule has 0 spiro atoms. The van der Waals surface area contributed by atoms with Crippen molar-refractivity contribution in [2.75, 3.05) is 5.32 Å². The van der Waals surface area contributed by atoms with Crippen LogP contribution in [0.2, 0.25) is 0 Å². The number of hydrogen-bond acceptors (Lipinski definition) is 2. The van der Waals surface area contributed by atoms with Crippen molar-refractivity contribution in [1.82, 2.24) is 0 Å². The Morgan fingerprint density at radius 1 is 1.38 bits per heavy atom. The second-order valence-corrected chi connectivity index (χ2v) is 5.11. The van der Waals surface area contributed by atoms with Gasteiger partial charge >= 0.3 is 0 Å². The van der Waals surface area contributed by atoms with Crippen LogP contribution in [-0.4, -0.2) is 11.9 Å². The average Bonchev–Trinajstić information content (AvgIpc) is 2.16. The van der Waals surface area contributed by atoms with E-state index in [4.69, 9.17) is 5.73 Å². The van der Waals surface area contributed by atoms with Gasteiger partial charge in [-0.2, -0.15) is 0 Å². The van der Waals surface area contributed by atoms with Crippen molar-refractivity contribution < 1.29 is 4.79 Å². The molecule has 0 aliphatic rings. The number of hydrogen-bond donors (Lipinski definition) is 2. The minimum absolute atomic E-state index is 0.0784. The SMILES string of the molecule is C[C@H](N)C(=O)Nc1cccc(C(C)(C)C)c1. The highest BCUT2D eigenvalue weighted by Gasteiger charge is 2.14. The molecular formula is C13H20N2O. The van der Waals surface area contributed by atoms with Crippen LogP contribution in [0.1, 0.15) is 33.3 Å². The zero-order chi connectivity index (χ0) is 12.3. The number of benzene rings is 1. The van der Waals surface area contributed by atoms with Gasteiger partial charge in [-0.3, -0.25) is 4.79 Å². The fraction of sp³-hybridized carbons (Fsp3) is 0.462. The highest BCUT2D eigenvalue weighted by atomic mass is 16.2. The maximum Gasteiger partial charge on any atom is 0.240 e. The first kappa shape index (κ1) is 12.7. The molecule has 3 nitrogen and oxygen atoms in total. The Morgan fingerprint density at radius 3 is 2.50 bits per heavy atom. The molecule has 0 aromatic heterocycles. The highest BCUT2D eigenvalue weighted by Crippen LogP contribution is 2.24. The molecule has 0 heterocycles. The number of nitrogens with two attached hydrogens (primary N) is 1. The summed E-state index contributed by atoms with van der Waals surface area (Å²) >= 11 is 0. The summed E-state index contributed by atoms with van der Waals surface area (Å²) in [6, 6.07) is 7.37. The molecule has 0 bridgehead atoms. The van der Waals surface area contributed by atoms with Gasteiger partial charge in [0.15, 0.2) is 0 Å². The third kappa shape index (κ3) is 3.35. The molecule has 3 N–H and O–H groups in total. The van der Waals surface area contributed by atoms with Crippen LogP contribution in [0.15, 0.2) is 24.3 Å². The fourth-order valence-electron chi connectivity index (χ4n) is 1.32. The maximum atomic E-state index is 11.4. The molecule has 1 aromatic carbocycles. The first-order chi connectivity index (χ1) is 7.30. The number of nitrogens with one attached hydrogen (secondary N) is 1. The van der Waals surface area contributed by atoms with E-state index in [9.17, 15) is 4.79 Å². The highest BCUT2D eigenvalue weighted by molar-refractivity contribution is 5.94. The quantitative estimate of drug-likeness (QED) is 0.803. The second kappa shape index (κ2) is 4.66. The zero-order valence-corrected chi connectivity index (χ0v) is 10.4. The van der Waals surface area contributed by atoms with Gasteiger partial charge in [0.2, 0.25) is 5.91 Å². The minimum Gasteiger partial charge on any atom is -0.325 e. The van der Waals surface area contributed by atoms with Crippen molar-refractivity contribution in [2.24, 2.45) is 5.73 Å². The summed E-state index contributed by atoms with van der Waals surface area (Å²) in [7, 11) is 0. The van der Waals surface area contributed by atoms with E-state index in [1.165, 1.54) is 5.56 Å². The van der Waals surface area contributed by atoms with Crippen LogP contribution >= 0.6 is 0 Å². The van der Waals surface area contributed by atoms with E-state index in [0.717, 1.165) is 5.69 Å². The Hall–Kier alpha value is -1.35. The van der Waals surface area contributed by atoms with Gasteiger partial charge in [-0.25, -0.2) is 0 Å². The first-order valence-electron chi connectivity index (χ1n) is 5.47. The van der Waals surface area contributed by atoms with E-state index in [2.05, 4.69) is 32.2 Å². The lowest BCUT2D eigenvalue weighted by molar-refractivity contribution is -0.117. The number of rotatable bonds is 2. The van der Waals surface area contributed by atoms with Crippen LogP contribution in [-0.2, 0) is 10.2 Å². The van der Waals surface area contributed by atoms with Crippen molar-refractivity contribution in [1.29, 1.82) is 0 Å². The Morgan fingerprint density at radius 2 is 2.00 bits per heavy atom. The van der Waals surface area contributed by atoms with E-state index in [1.54, 1.807) is 6.92 Å². The van der Waals surface area contributed by atoms with Gasteiger partial charge in [0.1, 0.15) is 0 Å². The monoisotopic (exact) mass is 220 g/mol. The summed E-state index contributed by atoms with van der Waals surface area (Å²) in [5, 5.41) is 2.79. The lowest BCUT2D eigenvalue weighted by atomic mass is 9.87. The van der Waals surface area contributed by atoms with Gasteiger partial charge in [-0.1, -0.05) is 32.9 Å². The summed E-state index contributed by atoms with van der Waals surface area (Å²) in [5.41, 5.74) is 7.56. The summed E-state index contributed by atoms with van der Waals surface area (Å²) in [4.78, 5) is 11.4. The molecule has 88 valence electrons. The Balaban J connectivity index is 2.88. The summed E-state index contributed by atoms with van der Waals surface area (Å²) < 4.78 is 0. The van der Waals surface area contributed by atoms with E-state index < -0.39 is 6.04 Å². The summed E-state index contributed by atoms with van der Waals surface area (Å²) in [5.74, 6) is -0.161. The molecule has 1 amide bonds. The Bertz CT molecular complexity index is 378. The van der Waals surface area contributed by atoms with Crippen molar-refractivity contribution >= 4 is 11.6 Å². The number of anilines is 1. The maximum absolute atomic E-state index is 11.4. The van der Waals surface area contributed by atoms with Crippen LogP contribution in [0, 0.1) is 0 Å².